The lowest BCUT2D eigenvalue weighted by molar-refractivity contribution is -0.136. The first-order valence-electron chi connectivity index (χ1n) is 10.5. The summed E-state index contributed by atoms with van der Waals surface area (Å²) in [6.45, 7) is 6.76. The van der Waals surface area contributed by atoms with Crippen molar-refractivity contribution in [1.82, 2.24) is 0 Å². The Balaban J connectivity index is 1.38. The molecule has 7 rings (SSSR count). The van der Waals surface area contributed by atoms with Gasteiger partial charge in [0.15, 0.2) is 11.7 Å². The number of hydrogen-bond donors (Lipinski definition) is 0. The van der Waals surface area contributed by atoms with Gasteiger partial charge in [0.2, 0.25) is 0 Å². The predicted octanol–water partition coefficient (Wildman–Crippen LogP) is 2.49. The second-order valence-electron chi connectivity index (χ2n) is 10.2. The average Bonchev–Trinajstić information content (AvgIpc) is 3.53. The molecule has 0 aromatic rings. The van der Waals surface area contributed by atoms with Gasteiger partial charge in [0.1, 0.15) is 30.0 Å². The number of rotatable bonds is 2. The lowest BCUT2D eigenvalue weighted by Gasteiger charge is -2.53. The number of epoxide rings is 3. The number of halogens is 1. The highest BCUT2D eigenvalue weighted by molar-refractivity contribution is 6.61. The van der Waals surface area contributed by atoms with E-state index in [1.165, 1.54) is 0 Å². The molecule has 3 saturated heterocycles. The normalized spacial score (nSPS) is 57.6. The van der Waals surface area contributed by atoms with Crippen molar-refractivity contribution in [2.75, 3.05) is 6.61 Å². The summed E-state index contributed by atoms with van der Waals surface area (Å²) in [6, 6.07) is 0. The van der Waals surface area contributed by atoms with Crippen molar-refractivity contribution in [1.29, 1.82) is 0 Å². The summed E-state index contributed by atoms with van der Waals surface area (Å²) in [5.41, 5.74) is -1.06. The lowest BCUT2D eigenvalue weighted by atomic mass is 9.46. The molecule has 7 nitrogen and oxygen atoms in total. The Labute approximate surface area is 173 Å². The Morgan fingerprint density at radius 3 is 2.76 bits per heavy atom. The molecule has 4 aliphatic heterocycles. The summed E-state index contributed by atoms with van der Waals surface area (Å²) in [5, 5.41) is 0. The molecular formula is C21H23ClO7. The quantitative estimate of drug-likeness (QED) is 0.383. The predicted molar refractivity (Wildman–Crippen MR) is 97.2 cm³/mol. The lowest BCUT2D eigenvalue weighted by Crippen LogP contribution is -2.69. The summed E-state index contributed by atoms with van der Waals surface area (Å²) >= 11 is 5.72. The van der Waals surface area contributed by atoms with Gasteiger partial charge in [-0.25, -0.2) is 9.59 Å². The van der Waals surface area contributed by atoms with Gasteiger partial charge in [-0.2, -0.15) is 0 Å². The van der Waals surface area contributed by atoms with Gasteiger partial charge in [-0.05, 0) is 36.7 Å². The third-order valence-corrected chi connectivity index (χ3v) is 9.36. The zero-order chi connectivity index (χ0) is 20.1. The fourth-order valence-corrected chi connectivity index (χ4v) is 8.02. The van der Waals surface area contributed by atoms with Crippen LogP contribution in [0.3, 0.4) is 0 Å². The molecule has 156 valence electrons. The largest absolute Gasteiger partial charge is 0.458 e. The zero-order valence-corrected chi connectivity index (χ0v) is 17.3. The molecule has 0 amide bonds. The van der Waals surface area contributed by atoms with Crippen LogP contribution in [0.25, 0.3) is 0 Å². The Kier molecular flexibility index (Phi) is 2.83. The molecule has 9 atom stereocenters. The number of cyclic esters (lactones) is 1. The van der Waals surface area contributed by atoms with Crippen molar-refractivity contribution in [2.24, 2.45) is 17.3 Å². The third kappa shape index (κ3) is 1.57. The van der Waals surface area contributed by atoms with Crippen LogP contribution in [0.4, 0.5) is 4.79 Å². The van der Waals surface area contributed by atoms with E-state index < -0.39 is 28.3 Å². The molecule has 7 aliphatic rings. The molecule has 0 bridgehead atoms. The third-order valence-electron chi connectivity index (χ3n) is 9.28. The molecule has 29 heavy (non-hydrogen) atoms. The van der Waals surface area contributed by atoms with Crippen molar-refractivity contribution in [2.45, 2.75) is 81.3 Å². The summed E-state index contributed by atoms with van der Waals surface area (Å²) in [5.74, 6) is 0.103. The molecule has 8 heteroatoms. The molecular weight excluding hydrogens is 400 g/mol. The Morgan fingerprint density at radius 2 is 2.03 bits per heavy atom. The van der Waals surface area contributed by atoms with Crippen molar-refractivity contribution in [3.63, 3.8) is 0 Å². The number of carbonyl (C=O) groups excluding carboxylic acids is 2. The molecule has 5 fully saturated rings. The highest BCUT2D eigenvalue weighted by Crippen LogP contribution is 2.83. The maximum Gasteiger partial charge on any atom is 0.404 e. The highest BCUT2D eigenvalue weighted by Gasteiger charge is 3.01. The summed E-state index contributed by atoms with van der Waals surface area (Å²) in [6.07, 6.45) is 1.32. The van der Waals surface area contributed by atoms with E-state index in [-0.39, 0.29) is 41.5 Å². The minimum absolute atomic E-state index is 0.0897. The topological polar surface area (TPSA) is 90.2 Å². The summed E-state index contributed by atoms with van der Waals surface area (Å²) in [4.78, 5) is 24.0. The molecule has 1 unspecified atom stereocenters. The van der Waals surface area contributed by atoms with Crippen LogP contribution in [0.15, 0.2) is 11.1 Å². The molecule has 2 spiro atoms. The van der Waals surface area contributed by atoms with Crippen molar-refractivity contribution >= 4 is 23.0 Å². The SMILES string of the molecule is CC(C)[C@]12O[C@H]1[C@@H]1O[C@@]13[C@@]1(C)CCC4=C(COC4=O)[C@@H]1CC1O[C@@]13[C@@H]2OC(=O)Cl. The van der Waals surface area contributed by atoms with Gasteiger partial charge in [-0.1, -0.05) is 20.8 Å². The Bertz CT molecular complexity index is 930. The van der Waals surface area contributed by atoms with Crippen LogP contribution in [0.5, 0.6) is 0 Å². The Hall–Kier alpha value is -1.15. The summed E-state index contributed by atoms with van der Waals surface area (Å²) in [7, 11) is 0. The molecule has 2 saturated carbocycles. The van der Waals surface area contributed by atoms with E-state index in [4.69, 9.17) is 35.3 Å². The number of fused-ring (bicyclic) bond motifs is 4. The van der Waals surface area contributed by atoms with E-state index in [9.17, 15) is 9.59 Å². The van der Waals surface area contributed by atoms with Crippen LogP contribution in [0.2, 0.25) is 0 Å². The van der Waals surface area contributed by atoms with E-state index in [2.05, 4.69) is 20.8 Å². The van der Waals surface area contributed by atoms with Crippen LogP contribution >= 0.6 is 11.6 Å². The van der Waals surface area contributed by atoms with Crippen molar-refractivity contribution in [3.8, 4) is 0 Å². The molecule has 0 aromatic heterocycles. The van der Waals surface area contributed by atoms with E-state index >= 15 is 0 Å². The van der Waals surface area contributed by atoms with Crippen LogP contribution in [0.1, 0.15) is 40.0 Å². The van der Waals surface area contributed by atoms with E-state index in [1.54, 1.807) is 0 Å². The van der Waals surface area contributed by atoms with Crippen LogP contribution < -0.4 is 0 Å². The van der Waals surface area contributed by atoms with Gasteiger partial charge in [0.05, 0.1) is 6.10 Å². The standard InChI is InChI=1S/C21H23ClO7/c1-8(2)19-13(28-19)14-21(29-14)18(3)5-4-9-10(7-25-15(9)23)11(18)6-12-20(21,27-12)16(19)26-17(22)24/h8,11-14,16H,4-7H2,1-3H3/t11-,12?,13-,14-,16+,18-,19-,20+,21+/m0/s1. The van der Waals surface area contributed by atoms with E-state index in [0.717, 1.165) is 24.0 Å². The van der Waals surface area contributed by atoms with E-state index in [0.29, 0.717) is 13.0 Å². The van der Waals surface area contributed by atoms with E-state index in [1.807, 2.05) is 0 Å². The highest BCUT2D eigenvalue weighted by atomic mass is 35.5. The molecule has 3 aliphatic carbocycles. The fraction of sp³-hybridized carbons (Fsp3) is 0.810. The molecule has 0 N–H and O–H groups in total. The van der Waals surface area contributed by atoms with Gasteiger partial charge in [-0.15, -0.1) is 0 Å². The van der Waals surface area contributed by atoms with Gasteiger partial charge >= 0.3 is 11.4 Å². The number of hydrogen-bond acceptors (Lipinski definition) is 7. The molecule has 0 aromatic carbocycles. The molecule has 4 heterocycles. The Morgan fingerprint density at radius 1 is 1.24 bits per heavy atom. The first kappa shape index (κ1) is 17.5. The summed E-state index contributed by atoms with van der Waals surface area (Å²) < 4.78 is 30.4. The van der Waals surface area contributed by atoms with Gasteiger partial charge in [0, 0.05) is 22.6 Å². The van der Waals surface area contributed by atoms with Gasteiger partial charge in [-0.3, -0.25) is 0 Å². The average molecular weight is 423 g/mol. The maximum absolute atomic E-state index is 12.2. The number of carbonyl (C=O) groups is 2. The smallest absolute Gasteiger partial charge is 0.404 e. The molecule has 0 radical (unpaired) electrons. The van der Waals surface area contributed by atoms with Crippen LogP contribution in [-0.4, -0.2) is 59.2 Å². The van der Waals surface area contributed by atoms with Crippen LogP contribution in [-0.2, 0) is 28.5 Å². The van der Waals surface area contributed by atoms with Crippen molar-refractivity contribution in [3.05, 3.63) is 11.1 Å². The minimum atomic E-state index is -0.835. The van der Waals surface area contributed by atoms with Gasteiger partial charge < -0.3 is 23.7 Å². The second kappa shape index (κ2) is 4.69. The van der Waals surface area contributed by atoms with Crippen molar-refractivity contribution < 1.29 is 33.3 Å². The fourth-order valence-electron chi connectivity index (χ4n) is 7.93. The maximum atomic E-state index is 12.2. The first-order valence-corrected chi connectivity index (χ1v) is 10.9. The number of ether oxygens (including phenoxy) is 5. The zero-order valence-electron chi connectivity index (χ0n) is 16.5. The second-order valence-corrected chi connectivity index (χ2v) is 10.6. The monoisotopic (exact) mass is 422 g/mol. The first-order chi connectivity index (χ1) is 13.7. The number of esters is 1. The van der Waals surface area contributed by atoms with Gasteiger partial charge in [0.25, 0.3) is 0 Å². The minimum Gasteiger partial charge on any atom is -0.458 e. The van der Waals surface area contributed by atoms with Crippen LogP contribution in [0, 0.1) is 17.3 Å².